The normalized spacial score (nSPS) is 14.4. The lowest BCUT2D eigenvalue weighted by molar-refractivity contribution is -0.117. The quantitative estimate of drug-likeness (QED) is 0.598. The van der Waals surface area contributed by atoms with E-state index in [1.54, 1.807) is 0 Å². The third kappa shape index (κ3) is 5.42. The molecule has 1 amide bonds. The van der Waals surface area contributed by atoms with Gasteiger partial charge in [0.2, 0.25) is 5.91 Å². The Hall–Kier alpha value is -2.80. The molecule has 2 N–H and O–H groups in total. The number of nitrogens with one attached hydrogen (secondary N) is 2. The first-order valence-corrected chi connectivity index (χ1v) is 10.8. The topological polar surface area (TPSA) is 62.8 Å². The Bertz CT molecular complexity index is 886. The van der Waals surface area contributed by atoms with Gasteiger partial charge in [0.05, 0.1) is 19.3 Å². The molecule has 0 bridgehead atoms. The van der Waals surface area contributed by atoms with E-state index in [4.69, 9.17) is 21.7 Å². The molecule has 0 aliphatic carbocycles. The van der Waals surface area contributed by atoms with E-state index in [2.05, 4.69) is 10.6 Å². The molecular formula is C23H29N3O3S. The van der Waals surface area contributed by atoms with Crippen molar-refractivity contribution in [2.24, 2.45) is 0 Å². The number of nitrogens with zero attached hydrogens (tertiary/aromatic N) is 1. The maximum atomic E-state index is 11.9. The average molecular weight is 428 g/mol. The van der Waals surface area contributed by atoms with Gasteiger partial charge in [-0.2, -0.15) is 0 Å². The van der Waals surface area contributed by atoms with Crippen molar-refractivity contribution in [3.05, 3.63) is 48.0 Å². The van der Waals surface area contributed by atoms with E-state index in [1.165, 1.54) is 0 Å². The summed E-state index contributed by atoms with van der Waals surface area (Å²) in [5.74, 6) is 1.66. The summed E-state index contributed by atoms with van der Waals surface area (Å²) in [7, 11) is 0. The monoisotopic (exact) mass is 427 g/mol. The van der Waals surface area contributed by atoms with E-state index in [9.17, 15) is 4.79 Å². The van der Waals surface area contributed by atoms with Crippen molar-refractivity contribution >= 4 is 34.6 Å². The fourth-order valence-electron chi connectivity index (χ4n) is 3.43. The van der Waals surface area contributed by atoms with Gasteiger partial charge in [-0.15, -0.1) is 0 Å². The number of amides is 1. The molecule has 1 atom stereocenters. The number of hydrogen-bond acceptors (Lipinski definition) is 4. The van der Waals surface area contributed by atoms with Gasteiger partial charge in [-0.05, 0) is 81.4 Å². The highest BCUT2D eigenvalue weighted by Gasteiger charge is 2.21. The minimum absolute atomic E-state index is 0.0126. The van der Waals surface area contributed by atoms with Crippen LogP contribution in [-0.4, -0.2) is 30.8 Å². The molecule has 1 aliphatic rings. The minimum atomic E-state index is -0.0126. The van der Waals surface area contributed by atoms with Crippen molar-refractivity contribution in [1.82, 2.24) is 5.32 Å². The van der Waals surface area contributed by atoms with Gasteiger partial charge < -0.3 is 25.0 Å². The lowest BCUT2D eigenvalue weighted by Crippen LogP contribution is -2.31. The number of ether oxygens (including phenoxy) is 2. The van der Waals surface area contributed by atoms with Crippen LogP contribution in [0.15, 0.2) is 42.5 Å². The molecule has 1 saturated heterocycles. The molecule has 0 spiro atoms. The van der Waals surface area contributed by atoms with Crippen molar-refractivity contribution in [3.8, 4) is 11.5 Å². The van der Waals surface area contributed by atoms with Crippen LogP contribution in [0.4, 0.5) is 11.4 Å². The summed E-state index contributed by atoms with van der Waals surface area (Å²) in [5, 5.41) is 7.03. The third-order valence-electron chi connectivity index (χ3n) is 4.93. The van der Waals surface area contributed by atoms with Gasteiger partial charge in [-0.3, -0.25) is 4.79 Å². The average Bonchev–Trinajstić information content (AvgIpc) is 3.16. The second-order valence-electron chi connectivity index (χ2n) is 7.09. The van der Waals surface area contributed by atoms with Crippen LogP contribution >= 0.6 is 12.2 Å². The molecule has 0 saturated carbocycles. The van der Waals surface area contributed by atoms with Crippen LogP contribution in [0.1, 0.15) is 45.2 Å². The Morgan fingerprint density at radius 2 is 1.80 bits per heavy atom. The van der Waals surface area contributed by atoms with Crippen molar-refractivity contribution in [2.75, 3.05) is 30.0 Å². The van der Waals surface area contributed by atoms with E-state index in [-0.39, 0.29) is 11.9 Å². The van der Waals surface area contributed by atoms with Crippen LogP contribution in [0.25, 0.3) is 0 Å². The Morgan fingerprint density at radius 3 is 2.43 bits per heavy atom. The zero-order valence-corrected chi connectivity index (χ0v) is 18.6. The van der Waals surface area contributed by atoms with Crippen LogP contribution in [0.2, 0.25) is 0 Å². The number of carbonyl (C=O) groups is 1. The third-order valence-corrected chi connectivity index (χ3v) is 5.15. The van der Waals surface area contributed by atoms with Gasteiger partial charge >= 0.3 is 0 Å². The summed E-state index contributed by atoms with van der Waals surface area (Å²) in [4.78, 5) is 13.7. The minimum Gasteiger partial charge on any atom is -0.490 e. The van der Waals surface area contributed by atoms with E-state index in [0.717, 1.165) is 41.4 Å². The first kappa shape index (κ1) is 21.9. The molecule has 160 valence electrons. The van der Waals surface area contributed by atoms with Gasteiger partial charge in [-0.25, -0.2) is 0 Å². The maximum Gasteiger partial charge on any atom is 0.227 e. The summed E-state index contributed by atoms with van der Waals surface area (Å²) >= 11 is 5.48. The van der Waals surface area contributed by atoms with Gasteiger partial charge in [-0.1, -0.05) is 6.07 Å². The lowest BCUT2D eigenvalue weighted by Gasteiger charge is -2.20. The molecule has 30 heavy (non-hydrogen) atoms. The molecule has 2 aromatic rings. The van der Waals surface area contributed by atoms with Gasteiger partial charge in [0.15, 0.2) is 16.6 Å². The van der Waals surface area contributed by atoms with Crippen molar-refractivity contribution < 1.29 is 14.3 Å². The van der Waals surface area contributed by atoms with E-state index < -0.39 is 0 Å². The summed E-state index contributed by atoms with van der Waals surface area (Å²) in [6.07, 6.45) is 1.55. The highest BCUT2D eigenvalue weighted by Crippen LogP contribution is 2.31. The van der Waals surface area contributed by atoms with Crippen LogP contribution in [0.3, 0.4) is 0 Å². The predicted octanol–water partition coefficient (Wildman–Crippen LogP) is 4.66. The number of anilines is 2. The zero-order chi connectivity index (χ0) is 21.5. The van der Waals surface area contributed by atoms with Gasteiger partial charge in [0.1, 0.15) is 0 Å². The SMILES string of the molecule is CCOc1ccc([C@@H](C)NC(=S)Nc2ccc(N3CCCC3=O)cc2)cc1OCC. The molecule has 1 fully saturated rings. The summed E-state index contributed by atoms with van der Waals surface area (Å²) in [5.41, 5.74) is 2.85. The molecule has 1 heterocycles. The zero-order valence-electron chi connectivity index (χ0n) is 17.7. The smallest absolute Gasteiger partial charge is 0.227 e. The van der Waals surface area contributed by atoms with Crippen LogP contribution in [0.5, 0.6) is 11.5 Å². The lowest BCUT2D eigenvalue weighted by atomic mass is 10.1. The fraction of sp³-hybridized carbons (Fsp3) is 0.391. The second kappa shape index (κ2) is 10.3. The maximum absolute atomic E-state index is 11.9. The molecule has 6 nitrogen and oxygen atoms in total. The van der Waals surface area contributed by atoms with Crippen LogP contribution in [-0.2, 0) is 4.79 Å². The summed E-state index contributed by atoms with van der Waals surface area (Å²) < 4.78 is 11.3. The Morgan fingerprint density at radius 1 is 1.10 bits per heavy atom. The first-order valence-electron chi connectivity index (χ1n) is 10.4. The number of carbonyl (C=O) groups excluding carboxylic acids is 1. The molecule has 0 radical (unpaired) electrons. The van der Waals surface area contributed by atoms with Gasteiger partial charge in [0.25, 0.3) is 0 Å². The molecule has 0 aromatic heterocycles. The molecule has 3 rings (SSSR count). The van der Waals surface area contributed by atoms with Crippen molar-refractivity contribution in [1.29, 1.82) is 0 Å². The molecular weight excluding hydrogens is 398 g/mol. The largest absolute Gasteiger partial charge is 0.490 e. The van der Waals surface area contributed by atoms with Crippen molar-refractivity contribution in [2.45, 2.75) is 39.7 Å². The second-order valence-corrected chi connectivity index (χ2v) is 7.50. The number of rotatable bonds is 8. The number of hydrogen-bond donors (Lipinski definition) is 2. The number of benzene rings is 2. The molecule has 7 heteroatoms. The standard InChI is InChI=1S/C23H29N3O3S/c1-4-28-20-13-8-17(15-21(20)29-5-2)16(3)24-23(30)25-18-9-11-19(12-10-18)26-14-6-7-22(26)27/h8-13,15-16H,4-7,14H2,1-3H3,(H2,24,25,30)/t16-/m1/s1. The molecule has 1 aliphatic heterocycles. The van der Waals surface area contributed by atoms with E-state index >= 15 is 0 Å². The Labute approximate surface area is 183 Å². The van der Waals surface area contributed by atoms with E-state index in [0.29, 0.717) is 24.7 Å². The highest BCUT2D eigenvalue weighted by atomic mass is 32.1. The highest BCUT2D eigenvalue weighted by molar-refractivity contribution is 7.80. The van der Waals surface area contributed by atoms with Crippen LogP contribution in [0, 0.1) is 0 Å². The van der Waals surface area contributed by atoms with Crippen LogP contribution < -0.4 is 25.0 Å². The predicted molar refractivity (Wildman–Crippen MR) is 125 cm³/mol. The van der Waals surface area contributed by atoms with Gasteiger partial charge in [0, 0.05) is 24.3 Å². The Kier molecular flexibility index (Phi) is 7.52. The molecule has 2 aromatic carbocycles. The number of thiocarbonyl (C=S) groups is 1. The molecule has 0 unspecified atom stereocenters. The fourth-order valence-corrected chi connectivity index (χ4v) is 3.72. The Balaban J connectivity index is 1.60. The van der Waals surface area contributed by atoms with Crippen molar-refractivity contribution in [3.63, 3.8) is 0 Å². The summed E-state index contributed by atoms with van der Waals surface area (Å²) in [6.45, 7) is 7.90. The summed E-state index contributed by atoms with van der Waals surface area (Å²) in [6, 6.07) is 13.7. The first-order chi connectivity index (χ1) is 14.5. The van der Waals surface area contributed by atoms with E-state index in [1.807, 2.05) is 68.1 Å².